The standard InChI is InChI=1S/C12H20N.C2F6NO4S2/c1-5-9-13(10-6-2,11-7-3)12-8-4;3-1(4,5)14(10,11)9-15(12,13)2(6,7)8/h5-8H,1-4,9-12H2;/q+1;-1. The van der Waals surface area contributed by atoms with E-state index >= 15 is 0 Å². The molecule has 6 nitrogen and oxygen atoms in total. The van der Waals surface area contributed by atoms with E-state index in [2.05, 4.69) is 26.3 Å². The van der Waals surface area contributed by atoms with Crippen LogP contribution in [0.3, 0.4) is 0 Å². The van der Waals surface area contributed by atoms with Crippen molar-refractivity contribution >= 4 is 20.0 Å². The molecule has 28 heavy (non-hydrogen) atoms. The van der Waals surface area contributed by atoms with E-state index in [9.17, 15) is 43.2 Å². The van der Waals surface area contributed by atoms with Gasteiger partial charge in [0.2, 0.25) is 0 Å². The summed E-state index contributed by atoms with van der Waals surface area (Å²) in [4.78, 5) is 0. The number of nitrogens with zero attached hydrogens (tertiary/aromatic N) is 2. The third kappa shape index (κ3) is 9.03. The van der Waals surface area contributed by atoms with Gasteiger partial charge in [0.15, 0.2) is 20.0 Å². The first kappa shape index (κ1) is 28.6. The number of halogens is 6. The fraction of sp³-hybridized carbons (Fsp3) is 0.429. The summed E-state index contributed by atoms with van der Waals surface area (Å²) in [6, 6.07) is 0. The fourth-order valence-corrected chi connectivity index (χ4v) is 3.47. The van der Waals surface area contributed by atoms with E-state index in [0.29, 0.717) is 0 Å². The second-order valence-corrected chi connectivity index (χ2v) is 8.57. The van der Waals surface area contributed by atoms with Crippen LogP contribution in [0.2, 0.25) is 0 Å². The van der Waals surface area contributed by atoms with Crippen LogP contribution in [0, 0.1) is 0 Å². The lowest BCUT2D eigenvalue weighted by Crippen LogP contribution is -2.48. The van der Waals surface area contributed by atoms with Crippen LogP contribution in [-0.4, -0.2) is 58.5 Å². The highest BCUT2D eigenvalue weighted by Gasteiger charge is 2.46. The van der Waals surface area contributed by atoms with Crippen LogP contribution in [0.15, 0.2) is 50.6 Å². The summed E-state index contributed by atoms with van der Waals surface area (Å²) in [6.45, 7) is 18.8. The van der Waals surface area contributed by atoms with Gasteiger partial charge >= 0.3 is 11.0 Å². The minimum atomic E-state index is -6.72. The maximum Gasteiger partial charge on any atom is 0.480 e. The predicted octanol–water partition coefficient (Wildman–Crippen LogP) is 3.61. The van der Waals surface area contributed by atoms with Crippen molar-refractivity contribution in [3.8, 4) is 0 Å². The Labute approximate surface area is 160 Å². The molecule has 0 saturated heterocycles. The highest BCUT2D eigenvalue weighted by atomic mass is 32.3. The van der Waals surface area contributed by atoms with Crippen LogP contribution in [0.5, 0.6) is 0 Å². The van der Waals surface area contributed by atoms with Gasteiger partial charge in [-0.15, -0.1) is 0 Å². The van der Waals surface area contributed by atoms with Crippen molar-refractivity contribution in [2.45, 2.75) is 11.0 Å². The molecule has 0 rings (SSSR count). The lowest BCUT2D eigenvalue weighted by molar-refractivity contribution is -0.906. The normalized spacial score (nSPS) is 13.1. The summed E-state index contributed by atoms with van der Waals surface area (Å²) in [5.74, 6) is 0. The topological polar surface area (TPSA) is 82.4 Å². The number of quaternary nitrogens is 1. The molecule has 0 aromatic rings. The quantitative estimate of drug-likeness (QED) is 0.285. The Morgan fingerprint density at radius 1 is 0.643 bits per heavy atom. The average Bonchev–Trinajstić information content (AvgIpc) is 2.45. The molecule has 0 fully saturated rings. The largest absolute Gasteiger partial charge is 0.480 e. The zero-order valence-corrected chi connectivity index (χ0v) is 16.2. The van der Waals surface area contributed by atoms with Gasteiger partial charge < -0.3 is 8.61 Å². The molecule has 0 aromatic carbocycles. The van der Waals surface area contributed by atoms with Gasteiger partial charge in [-0.05, 0) is 24.3 Å². The first-order chi connectivity index (χ1) is 12.4. The number of sulfonamides is 2. The van der Waals surface area contributed by atoms with Crippen molar-refractivity contribution in [2.75, 3.05) is 26.2 Å². The van der Waals surface area contributed by atoms with Crippen molar-refractivity contribution in [2.24, 2.45) is 0 Å². The van der Waals surface area contributed by atoms with E-state index < -0.39 is 31.1 Å². The molecule has 0 amide bonds. The summed E-state index contributed by atoms with van der Waals surface area (Å²) in [6.07, 6.45) is 7.76. The maximum atomic E-state index is 11.4. The van der Waals surface area contributed by atoms with Gasteiger partial charge in [-0.25, -0.2) is 16.8 Å². The molecule has 0 unspecified atom stereocenters. The predicted molar refractivity (Wildman–Crippen MR) is 93.8 cm³/mol. The Kier molecular flexibility index (Phi) is 11.0. The smallest absolute Gasteiger partial charge is 0.421 e. The molecule has 14 heteroatoms. The minimum absolute atomic E-state index is 0.778. The van der Waals surface area contributed by atoms with E-state index in [-0.39, 0.29) is 0 Å². The van der Waals surface area contributed by atoms with Gasteiger partial charge in [0.05, 0.1) is 26.2 Å². The van der Waals surface area contributed by atoms with Gasteiger partial charge in [0.1, 0.15) is 0 Å². The zero-order valence-electron chi connectivity index (χ0n) is 14.6. The SMILES string of the molecule is C=CC[N+](CC=C)(CC=C)CC=C.O=S(=O)([N-]S(=O)(=O)C(F)(F)F)C(F)(F)F. The van der Waals surface area contributed by atoms with E-state index in [1.165, 1.54) is 0 Å². The Morgan fingerprint density at radius 2 is 0.857 bits per heavy atom. The maximum absolute atomic E-state index is 11.4. The molecule has 0 aliphatic rings. The van der Waals surface area contributed by atoms with Crippen LogP contribution in [-0.2, 0) is 20.0 Å². The van der Waals surface area contributed by atoms with Crippen molar-refractivity contribution in [3.63, 3.8) is 0 Å². The fourth-order valence-electron chi connectivity index (χ4n) is 1.76. The zero-order chi connectivity index (χ0) is 22.9. The molecular weight excluding hydrogens is 438 g/mol. The van der Waals surface area contributed by atoms with Crippen LogP contribution in [0.25, 0.3) is 4.13 Å². The van der Waals surface area contributed by atoms with E-state index in [1.807, 2.05) is 24.3 Å². The third-order valence-electron chi connectivity index (χ3n) is 2.85. The van der Waals surface area contributed by atoms with Crippen molar-refractivity contribution in [3.05, 3.63) is 54.7 Å². The Balaban J connectivity index is 0. The lowest BCUT2D eigenvalue weighted by atomic mass is 10.3. The van der Waals surface area contributed by atoms with Gasteiger partial charge in [-0.2, -0.15) is 26.3 Å². The van der Waals surface area contributed by atoms with Crippen LogP contribution in [0.4, 0.5) is 26.3 Å². The molecule has 0 aliphatic carbocycles. The van der Waals surface area contributed by atoms with Crippen LogP contribution < -0.4 is 0 Å². The highest BCUT2D eigenvalue weighted by molar-refractivity contribution is 8.13. The lowest BCUT2D eigenvalue weighted by Gasteiger charge is -2.35. The van der Waals surface area contributed by atoms with Gasteiger partial charge in [-0.1, -0.05) is 26.3 Å². The van der Waals surface area contributed by atoms with Crippen LogP contribution in [0.1, 0.15) is 0 Å². The monoisotopic (exact) mass is 458 g/mol. The molecule has 0 aromatic heterocycles. The molecule has 164 valence electrons. The number of rotatable bonds is 10. The summed E-state index contributed by atoms with van der Waals surface area (Å²) < 4.78 is 110. The average molecular weight is 458 g/mol. The molecule has 0 aliphatic heterocycles. The van der Waals surface area contributed by atoms with Crippen molar-refractivity contribution in [1.82, 2.24) is 0 Å². The number of hydrogen-bond acceptors (Lipinski definition) is 4. The minimum Gasteiger partial charge on any atom is -0.421 e. The van der Waals surface area contributed by atoms with Gasteiger partial charge in [-0.3, -0.25) is 0 Å². The Hall–Kier alpha value is -1.64. The first-order valence-electron chi connectivity index (χ1n) is 7.10. The number of alkyl halides is 6. The number of hydrogen-bond donors (Lipinski definition) is 0. The van der Waals surface area contributed by atoms with Crippen molar-refractivity contribution < 1.29 is 47.7 Å². The molecule has 0 N–H and O–H groups in total. The summed E-state index contributed by atoms with van der Waals surface area (Å²) in [5.41, 5.74) is -12.4. The molecule has 0 saturated carbocycles. The Bertz CT molecular complexity index is 668. The second kappa shape index (κ2) is 10.8. The second-order valence-electron chi connectivity index (χ2n) is 5.14. The van der Waals surface area contributed by atoms with E-state index in [1.54, 1.807) is 0 Å². The van der Waals surface area contributed by atoms with E-state index in [4.69, 9.17) is 0 Å². The molecular formula is C14H20F6N2O4S2. The molecule has 0 radical (unpaired) electrons. The highest BCUT2D eigenvalue weighted by Crippen LogP contribution is 2.36. The van der Waals surface area contributed by atoms with Gasteiger partial charge in [0.25, 0.3) is 0 Å². The Morgan fingerprint density at radius 3 is 1.00 bits per heavy atom. The molecule has 0 atom stereocenters. The van der Waals surface area contributed by atoms with Crippen LogP contribution >= 0.6 is 0 Å². The molecule has 0 heterocycles. The third-order valence-corrected chi connectivity index (χ3v) is 5.59. The van der Waals surface area contributed by atoms with E-state index in [0.717, 1.165) is 34.8 Å². The summed E-state index contributed by atoms with van der Waals surface area (Å²) in [5, 5.41) is 0. The summed E-state index contributed by atoms with van der Waals surface area (Å²) in [7, 11) is -13.4. The molecule has 0 bridgehead atoms. The summed E-state index contributed by atoms with van der Waals surface area (Å²) >= 11 is 0. The molecule has 0 spiro atoms. The van der Waals surface area contributed by atoms with Crippen molar-refractivity contribution in [1.29, 1.82) is 0 Å². The van der Waals surface area contributed by atoms with Gasteiger partial charge in [0, 0.05) is 0 Å². The first-order valence-corrected chi connectivity index (χ1v) is 9.98.